The number of carboxylic acids is 1. The number of aliphatic carboxylic acids is 1. The van der Waals surface area contributed by atoms with Crippen LogP contribution in [0.3, 0.4) is 0 Å². The van der Waals surface area contributed by atoms with E-state index in [0.717, 1.165) is 0 Å². The lowest BCUT2D eigenvalue weighted by Gasteiger charge is -2.50. The third kappa shape index (κ3) is 2.35. The van der Waals surface area contributed by atoms with E-state index in [2.05, 4.69) is 6.58 Å². The molecule has 0 aromatic rings. The van der Waals surface area contributed by atoms with E-state index in [4.69, 9.17) is 0 Å². The molecule has 0 aromatic heterocycles. The number of hydrogen-bond acceptors (Lipinski definition) is 2. The molecule has 0 bridgehead atoms. The third-order valence-corrected chi connectivity index (χ3v) is 4.34. The SMILES string of the molecule is C=CC(=O)N1CCC(C2(C(=O)O)CC(F)(F)C2)CC1. The first-order chi connectivity index (χ1) is 8.81. The highest BCUT2D eigenvalue weighted by atomic mass is 19.3. The molecule has 1 N–H and O–H groups in total. The lowest BCUT2D eigenvalue weighted by molar-refractivity contribution is -0.210. The highest BCUT2D eigenvalue weighted by Gasteiger charge is 2.64. The lowest BCUT2D eigenvalue weighted by atomic mass is 9.56. The van der Waals surface area contributed by atoms with Crippen LogP contribution in [0.15, 0.2) is 12.7 Å². The largest absolute Gasteiger partial charge is 0.481 e. The Bertz CT molecular complexity index is 406. The minimum Gasteiger partial charge on any atom is -0.481 e. The van der Waals surface area contributed by atoms with Crippen LogP contribution >= 0.6 is 0 Å². The molecule has 19 heavy (non-hydrogen) atoms. The Morgan fingerprint density at radius 3 is 2.16 bits per heavy atom. The molecule has 1 aliphatic heterocycles. The smallest absolute Gasteiger partial charge is 0.310 e. The van der Waals surface area contributed by atoms with Crippen molar-refractivity contribution in [3.63, 3.8) is 0 Å². The molecule has 0 aromatic carbocycles. The Morgan fingerprint density at radius 1 is 1.26 bits per heavy atom. The number of carboxylic acid groups (broad SMARTS) is 1. The van der Waals surface area contributed by atoms with Gasteiger partial charge in [0.25, 0.3) is 0 Å². The van der Waals surface area contributed by atoms with Gasteiger partial charge in [-0.15, -0.1) is 0 Å². The Labute approximate surface area is 110 Å². The summed E-state index contributed by atoms with van der Waals surface area (Å²) in [7, 11) is 0. The molecule has 1 saturated heterocycles. The van der Waals surface area contributed by atoms with Crippen LogP contribution < -0.4 is 0 Å². The predicted octanol–water partition coefficient (Wildman–Crippen LogP) is 1.91. The van der Waals surface area contributed by atoms with Gasteiger partial charge < -0.3 is 10.0 Å². The first-order valence-corrected chi connectivity index (χ1v) is 6.33. The molecule has 1 saturated carbocycles. The summed E-state index contributed by atoms with van der Waals surface area (Å²) in [5.41, 5.74) is -1.30. The second-order valence-electron chi connectivity index (χ2n) is 5.47. The zero-order valence-electron chi connectivity index (χ0n) is 10.6. The average Bonchev–Trinajstić information content (AvgIpc) is 2.34. The van der Waals surface area contributed by atoms with Crippen molar-refractivity contribution in [2.75, 3.05) is 13.1 Å². The van der Waals surface area contributed by atoms with E-state index in [-0.39, 0.29) is 11.8 Å². The number of alkyl halides is 2. The molecular weight excluding hydrogens is 256 g/mol. The Balaban J connectivity index is 2.02. The summed E-state index contributed by atoms with van der Waals surface area (Å²) in [6.45, 7) is 4.22. The minimum absolute atomic E-state index is 0.193. The second kappa shape index (κ2) is 4.58. The normalized spacial score (nSPS) is 25.5. The van der Waals surface area contributed by atoms with Gasteiger partial charge >= 0.3 is 5.97 Å². The summed E-state index contributed by atoms with van der Waals surface area (Å²) in [6.07, 6.45) is 0.986. The van der Waals surface area contributed by atoms with Crippen molar-refractivity contribution in [2.45, 2.75) is 31.6 Å². The van der Waals surface area contributed by atoms with Gasteiger partial charge in [0.05, 0.1) is 5.41 Å². The van der Waals surface area contributed by atoms with Crippen LogP contribution in [0.5, 0.6) is 0 Å². The third-order valence-electron chi connectivity index (χ3n) is 4.34. The van der Waals surface area contributed by atoms with E-state index in [1.54, 1.807) is 4.90 Å². The predicted molar refractivity (Wildman–Crippen MR) is 63.8 cm³/mol. The van der Waals surface area contributed by atoms with Gasteiger partial charge in [0.2, 0.25) is 11.8 Å². The number of amides is 1. The topological polar surface area (TPSA) is 57.6 Å². The van der Waals surface area contributed by atoms with E-state index < -0.39 is 30.1 Å². The summed E-state index contributed by atoms with van der Waals surface area (Å²) < 4.78 is 26.1. The number of carbonyl (C=O) groups is 2. The van der Waals surface area contributed by atoms with Gasteiger partial charge in [0.15, 0.2) is 0 Å². The molecule has 106 valence electrons. The Morgan fingerprint density at radius 2 is 1.79 bits per heavy atom. The fourth-order valence-electron chi connectivity index (χ4n) is 3.27. The summed E-state index contributed by atoms with van der Waals surface area (Å²) in [4.78, 5) is 24.3. The van der Waals surface area contributed by atoms with Crippen LogP contribution in [-0.4, -0.2) is 40.9 Å². The fourth-order valence-corrected chi connectivity index (χ4v) is 3.27. The van der Waals surface area contributed by atoms with Crippen molar-refractivity contribution in [1.29, 1.82) is 0 Å². The molecule has 2 fully saturated rings. The molecule has 0 unspecified atom stereocenters. The maximum absolute atomic E-state index is 13.1. The van der Waals surface area contributed by atoms with Crippen LogP contribution in [0.1, 0.15) is 25.7 Å². The molecule has 1 amide bonds. The van der Waals surface area contributed by atoms with Crippen molar-refractivity contribution < 1.29 is 23.5 Å². The molecule has 0 spiro atoms. The first kappa shape index (κ1) is 14.0. The van der Waals surface area contributed by atoms with Gasteiger partial charge in [0, 0.05) is 25.9 Å². The van der Waals surface area contributed by atoms with E-state index in [9.17, 15) is 23.5 Å². The van der Waals surface area contributed by atoms with E-state index in [1.807, 2.05) is 0 Å². The molecule has 6 heteroatoms. The average molecular weight is 273 g/mol. The van der Waals surface area contributed by atoms with Gasteiger partial charge in [-0.05, 0) is 24.8 Å². The first-order valence-electron chi connectivity index (χ1n) is 6.33. The van der Waals surface area contributed by atoms with Crippen LogP contribution in [0.4, 0.5) is 8.78 Å². The summed E-state index contributed by atoms with van der Waals surface area (Å²) in [5, 5.41) is 9.26. The van der Waals surface area contributed by atoms with Gasteiger partial charge in [-0.3, -0.25) is 9.59 Å². The molecule has 2 aliphatic rings. The second-order valence-corrected chi connectivity index (χ2v) is 5.47. The quantitative estimate of drug-likeness (QED) is 0.799. The maximum atomic E-state index is 13.1. The Hall–Kier alpha value is -1.46. The Kier molecular flexibility index (Phi) is 3.36. The van der Waals surface area contributed by atoms with Crippen molar-refractivity contribution in [1.82, 2.24) is 4.90 Å². The number of carbonyl (C=O) groups excluding carboxylic acids is 1. The monoisotopic (exact) mass is 273 g/mol. The molecular formula is C13H17F2NO3. The van der Waals surface area contributed by atoms with Gasteiger partial charge in [-0.1, -0.05) is 6.58 Å². The van der Waals surface area contributed by atoms with Crippen LogP contribution in [-0.2, 0) is 9.59 Å². The van der Waals surface area contributed by atoms with Gasteiger partial charge in [-0.2, -0.15) is 0 Å². The number of likely N-dealkylation sites (tertiary alicyclic amines) is 1. The molecule has 1 heterocycles. The molecule has 1 aliphatic carbocycles. The zero-order chi connectivity index (χ0) is 14.3. The van der Waals surface area contributed by atoms with Crippen molar-refractivity contribution in [3.05, 3.63) is 12.7 Å². The molecule has 0 atom stereocenters. The number of rotatable bonds is 3. The van der Waals surface area contributed by atoms with E-state index in [1.165, 1.54) is 6.08 Å². The number of halogens is 2. The fraction of sp³-hybridized carbons (Fsp3) is 0.692. The highest BCUT2D eigenvalue weighted by Crippen LogP contribution is 2.58. The van der Waals surface area contributed by atoms with Crippen LogP contribution in [0, 0.1) is 11.3 Å². The highest BCUT2D eigenvalue weighted by molar-refractivity contribution is 5.87. The maximum Gasteiger partial charge on any atom is 0.310 e. The molecule has 0 radical (unpaired) electrons. The van der Waals surface area contributed by atoms with Gasteiger partial charge in [-0.25, -0.2) is 8.78 Å². The lowest BCUT2D eigenvalue weighted by Crippen LogP contribution is -2.57. The summed E-state index contributed by atoms with van der Waals surface area (Å²) in [6, 6.07) is 0. The van der Waals surface area contributed by atoms with Crippen LogP contribution in [0.2, 0.25) is 0 Å². The standard InChI is InChI=1S/C13H17F2NO3/c1-2-10(17)16-5-3-9(4-6-16)12(11(18)19)7-13(14,15)8-12/h2,9H,1,3-8H2,(H,18,19). The molecule has 4 nitrogen and oxygen atoms in total. The summed E-state index contributed by atoms with van der Waals surface area (Å²) in [5.74, 6) is -4.46. The number of piperidine rings is 1. The van der Waals surface area contributed by atoms with Crippen LogP contribution in [0.25, 0.3) is 0 Å². The summed E-state index contributed by atoms with van der Waals surface area (Å²) >= 11 is 0. The molecule has 2 rings (SSSR count). The van der Waals surface area contributed by atoms with Gasteiger partial charge in [0.1, 0.15) is 0 Å². The number of nitrogens with zero attached hydrogens (tertiary/aromatic N) is 1. The van der Waals surface area contributed by atoms with E-state index in [0.29, 0.717) is 25.9 Å². The van der Waals surface area contributed by atoms with Crippen molar-refractivity contribution in [2.24, 2.45) is 11.3 Å². The van der Waals surface area contributed by atoms with Crippen molar-refractivity contribution >= 4 is 11.9 Å². The zero-order valence-corrected chi connectivity index (χ0v) is 10.6. The number of hydrogen-bond donors (Lipinski definition) is 1. The van der Waals surface area contributed by atoms with E-state index >= 15 is 0 Å². The van der Waals surface area contributed by atoms with Crippen molar-refractivity contribution in [3.8, 4) is 0 Å². The minimum atomic E-state index is -2.85.